The Kier molecular flexibility index (Phi) is 10.2. The number of nitrogens with two attached hydrogens (primary N) is 1. The number of rotatable bonds is 9. The van der Waals surface area contributed by atoms with Gasteiger partial charge in [-0.2, -0.15) is 0 Å². The first kappa shape index (κ1) is 32.1. The Morgan fingerprint density at radius 2 is 1.73 bits per heavy atom. The van der Waals surface area contributed by atoms with Crippen molar-refractivity contribution in [3.05, 3.63) is 71.9 Å². The van der Waals surface area contributed by atoms with E-state index in [2.05, 4.69) is 10.3 Å². The first-order valence-electron chi connectivity index (χ1n) is 13.8. The number of carbonyl (C=O) groups excluding carboxylic acids is 3. The van der Waals surface area contributed by atoms with Gasteiger partial charge in [0.05, 0.1) is 11.0 Å². The van der Waals surface area contributed by atoms with Gasteiger partial charge >= 0.3 is 0 Å². The molecule has 4 rings (SSSR count). The van der Waals surface area contributed by atoms with E-state index in [1.165, 1.54) is 0 Å². The zero-order valence-electron chi connectivity index (χ0n) is 24.6. The fourth-order valence-corrected chi connectivity index (χ4v) is 5.51. The van der Waals surface area contributed by atoms with Crippen LogP contribution in [0.25, 0.3) is 10.9 Å². The highest BCUT2D eigenvalue weighted by atomic mass is 35.5. The van der Waals surface area contributed by atoms with E-state index >= 15 is 0 Å². The molecule has 2 heterocycles. The lowest BCUT2D eigenvalue weighted by Gasteiger charge is -2.45. The summed E-state index contributed by atoms with van der Waals surface area (Å²) in [6.45, 7) is 4.03. The topological polar surface area (TPSA) is 115 Å². The average Bonchev–Trinajstić information content (AvgIpc) is 3.34. The van der Waals surface area contributed by atoms with Crippen molar-refractivity contribution in [2.24, 2.45) is 11.1 Å². The SMILES string of the molecule is CN(C)N(C)C(=O)[C@@]1(Cc2ccccc2)CCCN(C(=O)[C@@H](Cc2c[nH]c3ccccc23)NC(=O)C(C)(C)N)C1.Cl. The van der Waals surface area contributed by atoms with Crippen LogP contribution in [0, 0.1) is 5.41 Å². The summed E-state index contributed by atoms with van der Waals surface area (Å²) in [5, 5.41) is 7.32. The molecular weight excluding hydrogens is 540 g/mol. The minimum absolute atomic E-state index is 0. The Morgan fingerprint density at radius 3 is 2.39 bits per heavy atom. The van der Waals surface area contributed by atoms with Crippen LogP contribution in [-0.2, 0) is 27.2 Å². The minimum atomic E-state index is -1.15. The summed E-state index contributed by atoms with van der Waals surface area (Å²) >= 11 is 0. The third-order valence-electron chi connectivity index (χ3n) is 7.91. The largest absolute Gasteiger partial charge is 0.361 e. The highest BCUT2D eigenvalue weighted by Crippen LogP contribution is 2.36. The lowest BCUT2D eigenvalue weighted by molar-refractivity contribution is -0.159. The molecule has 1 fully saturated rings. The Balaban J connectivity index is 0.00000462. The number of amides is 3. The number of aromatic amines is 1. The number of para-hydroxylation sites is 1. The van der Waals surface area contributed by atoms with Crippen LogP contribution in [0.4, 0.5) is 0 Å². The molecule has 0 spiro atoms. The highest BCUT2D eigenvalue weighted by molar-refractivity contribution is 5.93. The van der Waals surface area contributed by atoms with Gasteiger partial charge in [0, 0.05) is 57.8 Å². The molecule has 222 valence electrons. The molecule has 2 atom stereocenters. The van der Waals surface area contributed by atoms with E-state index < -0.39 is 22.9 Å². The maximum absolute atomic E-state index is 14.2. The van der Waals surface area contributed by atoms with Crippen LogP contribution in [0.3, 0.4) is 0 Å². The molecule has 4 N–H and O–H groups in total. The third-order valence-corrected chi connectivity index (χ3v) is 7.91. The summed E-state index contributed by atoms with van der Waals surface area (Å²) in [5.74, 6) is -0.638. The van der Waals surface area contributed by atoms with Gasteiger partial charge in [-0.15, -0.1) is 12.4 Å². The van der Waals surface area contributed by atoms with E-state index in [9.17, 15) is 14.4 Å². The Bertz CT molecular complexity index is 1350. The van der Waals surface area contributed by atoms with Crippen molar-refractivity contribution in [2.75, 3.05) is 34.2 Å². The summed E-state index contributed by atoms with van der Waals surface area (Å²) in [6, 6.07) is 17.0. The molecule has 3 aromatic rings. The fraction of sp³-hybridized carbons (Fsp3) is 0.452. The molecular formula is C31H43ClN6O3. The van der Waals surface area contributed by atoms with Crippen LogP contribution < -0.4 is 11.1 Å². The number of likely N-dealkylation sites (tertiary alicyclic amines) is 1. The normalized spacial score (nSPS) is 18.1. The second kappa shape index (κ2) is 13.1. The van der Waals surface area contributed by atoms with Gasteiger partial charge in [0.2, 0.25) is 17.7 Å². The minimum Gasteiger partial charge on any atom is -0.361 e. The van der Waals surface area contributed by atoms with Crippen LogP contribution in [0.15, 0.2) is 60.8 Å². The van der Waals surface area contributed by atoms with Crippen molar-refractivity contribution in [1.82, 2.24) is 25.2 Å². The summed E-state index contributed by atoms with van der Waals surface area (Å²) in [6.07, 6.45) is 4.05. The number of nitrogens with zero attached hydrogens (tertiary/aromatic N) is 3. The standard InChI is InChI=1S/C31H42N6O3.ClH/c1-30(2,32)28(39)34-26(18-23-20-33-25-15-10-9-14-24(23)25)27(38)37-17-11-16-31(21-37,29(40)36(5)35(3)4)19-22-12-7-6-8-13-22;/h6-10,12-15,20,26,33H,11,16-19,21,32H2,1-5H3,(H,34,39);1H/t26-,31-;/m1./s1. The van der Waals surface area contributed by atoms with Gasteiger partial charge in [0.15, 0.2) is 0 Å². The van der Waals surface area contributed by atoms with Crippen LogP contribution in [-0.4, -0.2) is 83.4 Å². The molecule has 0 aliphatic carbocycles. The number of piperidine rings is 1. The molecule has 0 saturated carbocycles. The molecule has 2 aromatic carbocycles. The quantitative estimate of drug-likeness (QED) is 0.335. The molecule has 1 aromatic heterocycles. The molecule has 1 aliphatic rings. The third kappa shape index (κ3) is 7.28. The van der Waals surface area contributed by atoms with Gasteiger partial charge in [0.25, 0.3) is 0 Å². The Hall–Kier alpha value is -3.40. The molecule has 0 unspecified atom stereocenters. The zero-order valence-corrected chi connectivity index (χ0v) is 25.5. The second-order valence-corrected chi connectivity index (χ2v) is 11.8. The monoisotopic (exact) mass is 582 g/mol. The molecule has 10 heteroatoms. The molecule has 1 saturated heterocycles. The van der Waals surface area contributed by atoms with Gasteiger partial charge < -0.3 is 20.9 Å². The van der Waals surface area contributed by atoms with Crippen molar-refractivity contribution in [3.63, 3.8) is 0 Å². The molecule has 1 aliphatic heterocycles. The molecule has 0 radical (unpaired) electrons. The number of benzene rings is 2. The maximum atomic E-state index is 14.2. The number of halogens is 1. The summed E-state index contributed by atoms with van der Waals surface area (Å²) in [7, 11) is 5.43. The molecule has 9 nitrogen and oxygen atoms in total. The van der Waals surface area contributed by atoms with Crippen molar-refractivity contribution >= 4 is 41.0 Å². The predicted octanol–water partition coefficient (Wildman–Crippen LogP) is 3.14. The van der Waals surface area contributed by atoms with Crippen molar-refractivity contribution < 1.29 is 14.4 Å². The van der Waals surface area contributed by atoms with Crippen molar-refractivity contribution in [1.29, 1.82) is 0 Å². The number of carbonyl (C=O) groups is 3. The Morgan fingerprint density at radius 1 is 1.07 bits per heavy atom. The second-order valence-electron chi connectivity index (χ2n) is 11.8. The van der Waals surface area contributed by atoms with Gasteiger partial charge in [-0.25, -0.2) is 5.01 Å². The number of nitrogens with one attached hydrogen (secondary N) is 2. The van der Waals surface area contributed by atoms with Gasteiger partial charge in [-0.3, -0.25) is 19.4 Å². The summed E-state index contributed by atoms with van der Waals surface area (Å²) < 4.78 is 0. The van der Waals surface area contributed by atoms with Gasteiger partial charge in [0.1, 0.15) is 6.04 Å². The lowest BCUT2D eigenvalue weighted by atomic mass is 9.74. The van der Waals surface area contributed by atoms with E-state index in [0.29, 0.717) is 32.2 Å². The first-order chi connectivity index (χ1) is 18.9. The Labute approximate surface area is 248 Å². The number of hydrogen-bond acceptors (Lipinski definition) is 5. The van der Waals surface area contributed by atoms with E-state index in [4.69, 9.17) is 5.73 Å². The average molecular weight is 583 g/mol. The lowest BCUT2D eigenvalue weighted by Crippen LogP contribution is -2.61. The predicted molar refractivity (Wildman–Crippen MR) is 164 cm³/mol. The fourth-order valence-electron chi connectivity index (χ4n) is 5.51. The number of H-pyrrole nitrogens is 1. The maximum Gasteiger partial charge on any atom is 0.245 e. The number of hydrazine groups is 1. The van der Waals surface area contributed by atoms with E-state index in [1.807, 2.05) is 74.9 Å². The van der Waals surface area contributed by atoms with Crippen LogP contribution in [0.2, 0.25) is 0 Å². The first-order valence-corrected chi connectivity index (χ1v) is 13.8. The van der Waals surface area contributed by atoms with E-state index in [0.717, 1.165) is 22.0 Å². The zero-order chi connectivity index (χ0) is 29.1. The van der Waals surface area contributed by atoms with E-state index in [1.54, 1.807) is 35.8 Å². The molecule has 41 heavy (non-hydrogen) atoms. The van der Waals surface area contributed by atoms with Crippen LogP contribution >= 0.6 is 12.4 Å². The van der Waals surface area contributed by atoms with Crippen molar-refractivity contribution in [2.45, 2.75) is 51.1 Å². The van der Waals surface area contributed by atoms with Gasteiger partial charge in [-0.05, 0) is 50.3 Å². The molecule has 3 amide bonds. The number of aromatic nitrogens is 1. The van der Waals surface area contributed by atoms with Gasteiger partial charge in [-0.1, -0.05) is 48.5 Å². The number of fused-ring (bicyclic) bond motifs is 1. The van der Waals surface area contributed by atoms with Crippen molar-refractivity contribution in [3.8, 4) is 0 Å². The van der Waals surface area contributed by atoms with Crippen LogP contribution in [0.1, 0.15) is 37.8 Å². The summed E-state index contributed by atoms with van der Waals surface area (Å²) in [5.41, 5.74) is 7.10. The smallest absolute Gasteiger partial charge is 0.245 e. The summed E-state index contributed by atoms with van der Waals surface area (Å²) in [4.78, 5) is 46.2. The number of hydrogen-bond donors (Lipinski definition) is 3. The van der Waals surface area contributed by atoms with Crippen LogP contribution in [0.5, 0.6) is 0 Å². The molecule has 0 bridgehead atoms. The highest BCUT2D eigenvalue weighted by Gasteiger charge is 2.46. The van der Waals surface area contributed by atoms with E-state index in [-0.39, 0.29) is 30.8 Å².